The maximum absolute atomic E-state index is 12.2. The minimum Gasteiger partial charge on any atom is -0.406 e. The summed E-state index contributed by atoms with van der Waals surface area (Å²) in [5.74, 6) is -1.06. The summed E-state index contributed by atoms with van der Waals surface area (Å²) in [7, 11) is 0. The van der Waals surface area contributed by atoms with E-state index in [0.717, 1.165) is 28.3 Å². The third-order valence-electron chi connectivity index (χ3n) is 3.63. The molecular weight excluding hydrogens is 379 g/mol. The lowest BCUT2D eigenvalue weighted by Crippen LogP contribution is -2.28. The van der Waals surface area contributed by atoms with E-state index in [1.807, 2.05) is 19.9 Å². The van der Waals surface area contributed by atoms with Gasteiger partial charge in [-0.1, -0.05) is 0 Å². The third-order valence-corrected chi connectivity index (χ3v) is 3.63. The fraction of sp³-hybridized carbons (Fsp3) is 0.312. The van der Waals surface area contributed by atoms with Crippen LogP contribution in [0.1, 0.15) is 22.0 Å². The number of rotatable bonds is 6. The maximum atomic E-state index is 12.2. The summed E-state index contributed by atoms with van der Waals surface area (Å²) in [4.78, 5) is 13.2. The molecule has 148 valence electrons. The Balaban J connectivity index is 1.58. The van der Waals surface area contributed by atoms with Gasteiger partial charge in [-0.3, -0.25) is 9.48 Å². The molecule has 3 aromatic rings. The van der Waals surface area contributed by atoms with Crippen LogP contribution in [0.25, 0.3) is 5.69 Å². The molecule has 0 aliphatic rings. The van der Waals surface area contributed by atoms with Gasteiger partial charge in [0.2, 0.25) is 0 Å². The molecule has 0 atom stereocenters. The highest BCUT2D eigenvalue weighted by atomic mass is 19.4. The number of nitrogens with one attached hydrogen (secondary N) is 1. The van der Waals surface area contributed by atoms with Crippen molar-refractivity contribution in [1.82, 2.24) is 35.3 Å². The number of ether oxygens (including phenoxy) is 1. The van der Waals surface area contributed by atoms with Crippen molar-refractivity contribution in [3.63, 3.8) is 0 Å². The van der Waals surface area contributed by atoms with E-state index in [2.05, 4.69) is 30.6 Å². The fourth-order valence-corrected chi connectivity index (χ4v) is 2.45. The molecule has 2 aromatic heterocycles. The smallest absolute Gasteiger partial charge is 0.406 e. The number of aryl methyl sites for hydroxylation is 2. The average molecular weight is 395 g/mol. The molecule has 0 fully saturated rings. The largest absolute Gasteiger partial charge is 0.573 e. The Morgan fingerprint density at radius 3 is 2.50 bits per heavy atom. The summed E-state index contributed by atoms with van der Waals surface area (Å²) in [6.07, 6.45) is -4.77. The van der Waals surface area contributed by atoms with Crippen LogP contribution in [0, 0.1) is 13.8 Å². The van der Waals surface area contributed by atoms with Crippen LogP contribution in [-0.4, -0.2) is 48.8 Å². The number of carbonyl (C=O) groups is 1. The first-order chi connectivity index (χ1) is 13.2. The van der Waals surface area contributed by atoms with Crippen molar-refractivity contribution in [1.29, 1.82) is 0 Å². The standard InChI is InChI=1S/C16H16F3N7O2/c1-10-9-11(2)25(22-10)8-7-20-15(27)14-21-24-26(23-14)12-3-5-13(6-4-12)28-16(17,18)19/h3-6,9H,7-8H2,1-2H3,(H,20,27). The molecule has 1 N–H and O–H groups in total. The number of alkyl halides is 3. The molecule has 3 rings (SSSR count). The van der Waals surface area contributed by atoms with Crippen LogP contribution in [0.3, 0.4) is 0 Å². The van der Waals surface area contributed by atoms with E-state index < -0.39 is 12.3 Å². The summed E-state index contributed by atoms with van der Waals surface area (Å²) in [6.45, 7) is 4.60. The number of hydrogen-bond acceptors (Lipinski definition) is 6. The number of amides is 1. The predicted octanol–water partition coefficient (Wildman–Crippen LogP) is 1.80. The van der Waals surface area contributed by atoms with Crippen molar-refractivity contribution in [2.45, 2.75) is 26.8 Å². The minimum atomic E-state index is -4.77. The predicted molar refractivity (Wildman–Crippen MR) is 89.9 cm³/mol. The van der Waals surface area contributed by atoms with Crippen LogP contribution in [0.15, 0.2) is 30.3 Å². The van der Waals surface area contributed by atoms with Gasteiger partial charge in [0.1, 0.15) is 5.75 Å². The zero-order valence-electron chi connectivity index (χ0n) is 14.9. The lowest BCUT2D eigenvalue weighted by molar-refractivity contribution is -0.274. The molecule has 0 bridgehead atoms. The van der Waals surface area contributed by atoms with Crippen LogP contribution in [0.4, 0.5) is 13.2 Å². The zero-order chi connectivity index (χ0) is 20.3. The van der Waals surface area contributed by atoms with E-state index in [1.165, 1.54) is 12.1 Å². The van der Waals surface area contributed by atoms with Gasteiger partial charge in [-0.15, -0.1) is 28.2 Å². The van der Waals surface area contributed by atoms with E-state index >= 15 is 0 Å². The van der Waals surface area contributed by atoms with Gasteiger partial charge in [0.05, 0.1) is 17.9 Å². The highest BCUT2D eigenvalue weighted by Gasteiger charge is 2.31. The van der Waals surface area contributed by atoms with Crippen molar-refractivity contribution in [2.75, 3.05) is 6.54 Å². The van der Waals surface area contributed by atoms with Crippen molar-refractivity contribution in [3.05, 3.63) is 47.5 Å². The van der Waals surface area contributed by atoms with Gasteiger partial charge in [0.25, 0.3) is 11.7 Å². The molecule has 12 heteroatoms. The highest BCUT2D eigenvalue weighted by molar-refractivity contribution is 5.90. The van der Waals surface area contributed by atoms with E-state index in [1.54, 1.807) is 4.68 Å². The molecule has 0 spiro atoms. The highest BCUT2D eigenvalue weighted by Crippen LogP contribution is 2.23. The second kappa shape index (κ2) is 7.66. The second-order valence-electron chi connectivity index (χ2n) is 5.85. The SMILES string of the molecule is Cc1cc(C)n(CCNC(=O)c2nnn(-c3ccc(OC(F)(F)F)cc3)n2)n1. The Kier molecular flexibility index (Phi) is 5.29. The fourth-order valence-electron chi connectivity index (χ4n) is 2.45. The number of tetrazole rings is 1. The first-order valence-electron chi connectivity index (χ1n) is 8.17. The van der Waals surface area contributed by atoms with Gasteiger partial charge in [-0.25, -0.2) is 0 Å². The molecule has 0 radical (unpaired) electrons. The lowest BCUT2D eigenvalue weighted by atomic mass is 10.3. The van der Waals surface area contributed by atoms with Crippen LogP contribution in [-0.2, 0) is 6.54 Å². The Morgan fingerprint density at radius 1 is 1.18 bits per heavy atom. The van der Waals surface area contributed by atoms with E-state index in [9.17, 15) is 18.0 Å². The van der Waals surface area contributed by atoms with Gasteiger partial charge in [-0.2, -0.15) is 5.10 Å². The number of aromatic nitrogens is 6. The summed E-state index contributed by atoms with van der Waals surface area (Å²) in [5, 5.41) is 18.3. The molecule has 0 aliphatic heterocycles. The topological polar surface area (TPSA) is 99.8 Å². The minimum absolute atomic E-state index is 0.163. The lowest BCUT2D eigenvalue weighted by Gasteiger charge is -2.08. The Hall–Kier alpha value is -3.44. The van der Waals surface area contributed by atoms with Crippen molar-refractivity contribution >= 4 is 5.91 Å². The van der Waals surface area contributed by atoms with E-state index in [0.29, 0.717) is 18.8 Å². The third kappa shape index (κ3) is 4.84. The molecule has 0 aliphatic carbocycles. The number of carbonyl (C=O) groups excluding carboxylic acids is 1. The van der Waals surface area contributed by atoms with Gasteiger partial charge >= 0.3 is 6.36 Å². The van der Waals surface area contributed by atoms with Gasteiger partial charge in [0.15, 0.2) is 0 Å². The van der Waals surface area contributed by atoms with Gasteiger partial charge in [0, 0.05) is 12.2 Å². The molecule has 28 heavy (non-hydrogen) atoms. The van der Waals surface area contributed by atoms with Crippen LogP contribution >= 0.6 is 0 Å². The zero-order valence-corrected chi connectivity index (χ0v) is 14.9. The number of nitrogens with zero attached hydrogens (tertiary/aromatic N) is 6. The Morgan fingerprint density at radius 2 is 1.89 bits per heavy atom. The van der Waals surface area contributed by atoms with Gasteiger partial charge < -0.3 is 10.1 Å². The first-order valence-corrected chi connectivity index (χ1v) is 8.17. The van der Waals surface area contributed by atoms with E-state index in [4.69, 9.17) is 0 Å². The first kappa shape index (κ1) is 19.3. The van der Waals surface area contributed by atoms with Gasteiger partial charge in [-0.05, 0) is 49.4 Å². The monoisotopic (exact) mass is 395 g/mol. The van der Waals surface area contributed by atoms with Crippen LogP contribution in [0.5, 0.6) is 5.75 Å². The molecule has 1 amide bonds. The molecule has 2 heterocycles. The number of benzene rings is 1. The van der Waals surface area contributed by atoms with Crippen molar-refractivity contribution in [2.24, 2.45) is 0 Å². The molecule has 9 nitrogen and oxygen atoms in total. The molecule has 0 saturated carbocycles. The Bertz CT molecular complexity index is 964. The quantitative estimate of drug-likeness (QED) is 0.683. The molecular formula is C16H16F3N7O2. The number of hydrogen-bond donors (Lipinski definition) is 1. The maximum Gasteiger partial charge on any atom is 0.573 e. The summed E-state index contributed by atoms with van der Waals surface area (Å²) in [6, 6.07) is 6.78. The normalized spacial score (nSPS) is 11.5. The van der Waals surface area contributed by atoms with Crippen molar-refractivity contribution in [3.8, 4) is 11.4 Å². The summed E-state index contributed by atoms with van der Waals surface area (Å²) < 4.78 is 42.1. The van der Waals surface area contributed by atoms with Crippen LogP contribution < -0.4 is 10.1 Å². The summed E-state index contributed by atoms with van der Waals surface area (Å²) in [5.41, 5.74) is 2.19. The summed E-state index contributed by atoms with van der Waals surface area (Å²) >= 11 is 0. The van der Waals surface area contributed by atoms with E-state index in [-0.39, 0.29) is 11.6 Å². The Labute approximate surface area is 157 Å². The van der Waals surface area contributed by atoms with Crippen molar-refractivity contribution < 1.29 is 22.7 Å². The number of halogens is 3. The molecule has 0 saturated heterocycles. The molecule has 1 aromatic carbocycles. The molecule has 0 unspecified atom stereocenters. The second-order valence-corrected chi connectivity index (χ2v) is 5.85. The average Bonchev–Trinajstić information content (AvgIpc) is 3.21. The van der Waals surface area contributed by atoms with Crippen LogP contribution in [0.2, 0.25) is 0 Å².